The first kappa shape index (κ1) is 13.1. The van der Waals surface area contributed by atoms with Crippen molar-refractivity contribution in [3.8, 4) is 5.75 Å². The summed E-state index contributed by atoms with van der Waals surface area (Å²) < 4.78 is 0. The van der Waals surface area contributed by atoms with Crippen molar-refractivity contribution in [2.24, 2.45) is 17.8 Å². The molecule has 3 rings (SSSR count). The lowest BCUT2D eigenvalue weighted by Gasteiger charge is -2.09. The number of phenolic OH excluding ortho intramolecular Hbond substituents is 1. The normalized spacial score (nSPS) is 28.6. The Kier molecular flexibility index (Phi) is 3.35. The second kappa shape index (κ2) is 4.88. The molecule has 1 aromatic rings. The Balaban J connectivity index is 1.74. The van der Waals surface area contributed by atoms with E-state index in [1.165, 1.54) is 25.0 Å². The lowest BCUT2D eigenvalue weighted by Crippen LogP contribution is -2.15. The van der Waals surface area contributed by atoms with Gasteiger partial charge in [0.1, 0.15) is 0 Å². The van der Waals surface area contributed by atoms with Gasteiger partial charge in [-0.05, 0) is 36.8 Å². The van der Waals surface area contributed by atoms with Crippen LogP contribution in [0.3, 0.4) is 0 Å². The largest absolute Gasteiger partial charge is 0.504 e. The van der Waals surface area contributed by atoms with Gasteiger partial charge in [0.05, 0.1) is 10.7 Å². The SMILES string of the molecule is O=C(Nc1cc(Cl)cc(Cl)c1O)C1C2CCCCC21. The van der Waals surface area contributed by atoms with E-state index in [1.807, 2.05) is 0 Å². The molecule has 0 spiro atoms. The Morgan fingerprint density at radius 1 is 1.21 bits per heavy atom. The number of rotatable bonds is 2. The quantitative estimate of drug-likeness (QED) is 0.809. The topological polar surface area (TPSA) is 49.3 Å². The molecule has 102 valence electrons. The Labute approximate surface area is 121 Å². The van der Waals surface area contributed by atoms with Crippen molar-refractivity contribution in [3.63, 3.8) is 0 Å². The van der Waals surface area contributed by atoms with E-state index in [4.69, 9.17) is 23.2 Å². The van der Waals surface area contributed by atoms with Crippen LogP contribution in [0.4, 0.5) is 5.69 Å². The molecule has 0 bridgehead atoms. The maximum atomic E-state index is 12.2. The van der Waals surface area contributed by atoms with Gasteiger partial charge in [-0.2, -0.15) is 0 Å². The molecule has 5 heteroatoms. The molecule has 2 fully saturated rings. The van der Waals surface area contributed by atoms with Crippen molar-refractivity contribution in [1.29, 1.82) is 0 Å². The highest BCUT2D eigenvalue weighted by atomic mass is 35.5. The first-order valence-electron chi connectivity index (χ1n) is 6.57. The summed E-state index contributed by atoms with van der Waals surface area (Å²) in [5.74, 6) is 1.02. The lowest BCUT2D eigenvalue weighted by atomic mass is 10.0. The fourth-order valence-corrected chi connectivity index (χ4v) is 3.75. The molecule has 2 saturated carbocycles. The summed E-state index contributed by atoms with van der Waals surface area (Å²) in [6, 6.07) is 2.97. The number of hydrogen-bond acceptors (Lipinski definition) is 2. The maximum Gasteiger partial charge on any atom is 0.228 e. The van der Waals surface area contributed by atoms with E-state index < -0.39 is 0 Å². The fraction of sp³-hybridized carbons (Fsp3) is 0.500. The van der Waals surface area contributed by atoms with E-state index in [0.717, 1.165) is 12.8 Å². The van der Waals surface area contributed by atoms with Gasteiger partial charge in [-0.25, -0.2) is 0 Å². The average molecular weight is 300 g/mol. The predicted molar refractivity (Wildman–Crippen MR) is 75.7 cm³/mol. The van der Waals surface area contributed by atoms with Gasteiger partial charge < -0.3 is 10.4 Å². The number of fused-ring (bicyclic) bond motifs is 1. The molecule has 0 saturated heterocycles. The van der Waals surface area contributed by atoms with Crippen LogP contribution in [0.15, 0.2) is 12.1 Å². The van der Waals surface area contributed by atoms with Crippen LogP contribution in [-0.4, -0.2) is 11.0 Å². The Morgan fingerprint density at radius 3 is 2.47 bits per heavy atom. The molecular weight excluding hydrogens is 285 g/mol. The summed E-state index contributed by atoms with van der Waals surface area (Å²) in [6.07, 6.45) is 4.73. The Hall–Kier alpha value is -0.930. The minimum atomic E-state index is -0.122. The van der Waals surface area contributed by atoms with Crippen LogP contribution in [0.25, 0.3) is 0 Å². The molecule has 1 aromatic carbocycles. The number of anilines is 1. The van der Waals surface area contributed by atoms with Gasteiger partial charge in [-0.3, -0.25) is 4.79 Å². The first-order chi connectivity index (χ1) is 9.08. The molecule has 0 heterocycles. The zero-order chi connectivity index (χ0) is 13.6. The zero-order valence-corrected chi connectivity index (χ0v) is 11.8. The highest BCUT2D eigenvalue weighted by molar-refractivity contribution is 6.36. The van der Waals surface area contributed by atoms with Crippen molar-refractivity contribution >= 4 is 34.8 Å². The van der Waals surface area contributed by atoms with Crippen molar-refractivity contribution < 1.29 is 9.90 Å². The van der Waals surface area contributed by atoms with E-state index in [-0.39, 0.29) is 22.6 Å². The van der Waals surface area contributed by atoms with Crippen LogP contribution in [0.5, 0.6) is 5.75 Å². The van der Waals surface area contributed by atoms with Crippen molar-refractivity contribution in [2.75, 3.05) is 5.32 Å². The van der Waals surface area contributed by atoms with Gasteiger partial charge in [0, 0.05) is 10.9 Å². The van der Waals surface area contributed by atoms with E-state index in [9.17, 15) is 9.90 Å². The first-order valence-corrected chi connectivity index (χ1v) is 7.32. The summed E-state index contributed by atoms with van der Waals surface area (Å²) in [6.45, 7) is 0. The third-order valence-electron chi connectivity index (χ3n) is 4.25. The van der Waals surface area contributed by atoms with Gasteiger partial charge in [0.2, 0.25) is 5.91 Å². The lowest BCUT2D eigenvalue weighted by molar-refractivity contribution is -0.117. The minimum absolute atomic E-state index is 0.0227. The number of benzene rings is 1. The molecule has 2 aliphatic carbocycles. The number of nitrogens with one attached hydrogen (secondary N) is 1. The molecule has 2 aliphatic rings. The molecular formula is C14H15Cl2NO2. The average Bonchev–Trinajstić information content (AvgIpc) is 3.09. The van der Waals surface area contributed by atoms with Crippen molar-refractivity contribution in [2.45, 2.75) is 25.7 Å². The number of halogens is 2. The maximum absolute atomic E-state index is 12.2. The third kappa shape index (κ3) is 2.41. The van der Waals surface area contributed by atoms with Crippen LogP contribution in [0, 0.1) is 17.8 Å². The second-order valence-corrected chi connectivity index (χ2v) is 6.25. The molecule has 0 aliphatic heterocycles. The van der Waals surface area contributed by atoms with E-state index in [1.54, 1.807) is 0 Å². The predicted octanol–water partition coefficient (Wildman–Crippen LogP) is 4.07. The summed E-state index contributed by atoms with van der Waals surface area (Å²) >= 11 is 11.7. The molecule has 2 atom stereocenters. The third-order valence-corrected chi connectivity index (χ3v) is 4.75. The van der Waals surface area contributed by atoms with Crippen LogP contribution in [0.1, 0.15) is 25.7 Å². The second-order valence-electron chi connectivity index (χ2n) is 5.41. The summed E-state index contributed by atoms with van der Waals surface area (Å²) in [5.41, 5.74) is 0.297. The number of hydrogen-bond donors (Lipinski definition) is 2. The smallest absolute Gasteiger partial charge is 0.228 e. The van der Waals surface area contributed by atoms with Gasteiger partial charge >= 0.3 is 0 Å². The molecule has 2 unspecified atom stereocenters. The van der Waals surface area contributed by atoms with E-state index in [0.29, 0.717) is 22.5 Å². The molecule has 2 N–H and O–H groups in total. The summed E-state index contributed by atoms with van der Waals surface area (Å²) in [7, 11) is 0. The van der Waals surface area contributed by atoms with Gasteiger partial charge in [-0.1, -0.05) is 36.0 Å². The molecule has 0 radical (unpaired) electrons. The zero-order valence-electron chi connectivity index (χ0n) is 10.3. The van der Waals surface area contributed by atoms with Gasteiger partial charge in [0.15, 0.2) is 5.75 Å². The van der Waals surface area contributed by atoms with Crippen molar-refractivity contribution in [3.05, 3.63) is 22.2 Å². The standard InChI is InChI=1S/C14H15Cl2NO2/c15-7-5-10(16)13(18)11(6-7)17-14(19)12-8-3-1-2-4-9(8)12/h5-6,8-9,12,18H,1-4H2,(H,17,19). The molecule has 3 nitrogen and oxygen atoms in total. The number of phenols is 1. The highest BCUT2D eigenvalue weighted by Crippen LogP contribution is 2.55. The van der Waals surface area contributed by atoms with Crippen LogP contribution in [-0.2, 0) is 4.79 Å². The van der Waals surface area contributed by atoms with Crippen LogP contribution < -0.4 is 5.32 Å². The monoisotopic (exact) mass is 299 g/mol. The summed E-state index contributed by atoms with van der Waals surface area (Å²) in [4.78, 5) is 12.2. The van der Waals surface area contributed by atoms with Gasteiger partial charge in [-0.15, -0.1) is 0 Å². The van der Waals surface area contributed by atoms with E-state index >= 15 is 0 Å². The van der Waals surface area contributed by atoms with Crippen LogP contribution in [0.2, 0.25) is 10.0 Å². The Bertz CT molecular complexity index is 520. The molecule has 19 heavy (non-hydrogen) atoms. The highest BCUT2D eigenvalue weighted by Gasteiger charge is 2.54. The number of amides is 1. The Morgan fingerprint density at radius 2 is 1.84 bits per heavy atom. The molecule has 0 aromatic heterocycles. The van der Waals surface area contributed by atoms with Gasteiger partial charge in [0.25, 0.3) is 0 Å². The van der Waals surface area contributed by atoms with E-state index in [2.05, 4.69) is 5.32 Å². The van der Waals surface area contributed by atoms with Crippen molar-refractivity contribution in [1.82, 2.24) is 0 Å². The molecule has 1 amide bonds. The number of aromatic hydroxyl groups is 1. The number of carbonyl (C=O) groups is 1. The summed E-state index contributed by atoms with van der Waals surface area (Å²) in [5, 5.41) is 13.1. The fourth-order valence-electron chi connectivity index (χ4n) is 3.26. The minimum Gasteiger partial charge on any atom is -0.504 e. The van der Waals surface area contributed by atoms with Crippen LogP contribution >= 0.6 is 23.2 Å². The number of carbonyl (C=O) groups excluding carboxylic acids is 1.